The lowest BCUT2D eigenvalue weighted by atomic mass is 9.89. The van der Waals surface area contributed by atoms with Gasteiger partial charge in [-0.15, -0.1) is 0 Å². The number of para-hydroxylation sites is 1. The van der Waals surface area contributed by atoms with Gasteiger partial charge in [0, 0.05) is 64.0 Å². The van der Waals surface area contributed by atoms with Crippen LogP contribution >= 0.6 is 0 Å². The third-order valence-electron chi connectivity index (χ3n) is 9.60. The van der Waals surface area contributed by atoms with Gasteiger partial charge >= 0.3 is 0 Å². The molecule has 0 unspecified atom stereocenters. The predicted octanol–water partition coefficient (Wildman–Crippen LogP) is 12.4. The van der Waals surface area contributed by atoms with Crippen LogP contribution in [0.5, 0.6) is 0 Å². The van der Waals surface area contributed by atoms with E-state index in [9.17, 15) is 0 Å². The summed E-state index contributed by atoms with van der Waals surface area (Å²) in [4.78, 5) is 13.8. The lowest BCUT2D eigenvalue weighted by molar-refractivity contribution is 1.11. The Labute approximate surface area is 312 Å². The Morgan fingerprint density at radius 2 is 1.49 bits per heavy atom. The quantitative estimate of drug-likeness (QED) is 0.100. The van der Waals surface area contributed by atoms with Gasteiger partial charge in [0.2, 0.25) is 0 Å². The molecule has 0 radical (unpaired) electrons. The number of nitrogens with zero attached hydrogens (tertiary/aromatic N) is 4. The number of aliphatic imine (C=N–C) groups is 1. The second-order valence-corrected chi connectivity index (χ2v) is 13.1. The van der Waals surface area contributed by atoms with Crippen LogP contribution < -0.4 is 0 Å². The molecule has 0 aliphatic rings. The Hall–Kier alpha value is -6.65. The first-order valence-corrected chi connectivity index (χ1v) is 17.9. The molecule has 0 bridgehead atoms. The van der Waals surface area contributed by atoms with Crippen LogP contribution in [0.2, 0.25) is 0 Å². The highest BCUT2D eigenvalue weighted by Gasteiger charge is 2.18. The molecule has 4 heteroatoms. The zero-order chi connectivity index (χ0) is 36.7. The van der Waals surface area contributed by atoms with Crippen molar-refractivity contribution in [2.45, 2.75) is 27.2 Å². The van der Waals surface area contributed by atoms with E-state index in [0.717, 1.165) is 62.5 Å². The van der Waals surface area contributed by atoms with Crippen molar-refractivity contribution in [3.8, 4) is 28.1 Å². The van der Waals surface area contributed by atoms with E-state index in [1.807, 2.05) is 54.9 Å². The Morgan fingerprint density at radius 3 is 2.28 bits per heavy atom. The summed E-state index contributed by atoms with van der Waals surface area (Å²) in [5, 5.41) is 2.40. The van der Waals surface area contributed by atoms with E-state index in [2.05, 4.69) is 141 Å². The molecule has 0 atom stereocenters. The van der Waals surface area contributed by atoms with Crippen molar-refractivity contribution in [2.75, 3.05) is 0 Å². The summed E-state index contributed by atoms with van der Waals surface area (Å²) in [5.41, 5.74) is 15.2. The predicted molar refractivity (Wildman–Crippen MR) is 226 cm³/mol. The van der Waals surface area contributed by atoms with Gasteiger partial charge in [0.25, 0.3) is 0 Å². The molecular formula is C49H42N4. The van der Waals surface area contributed by atoms with Crippen LogP contribution in [-0.4, -0.2) is 20.2 Å². The van der Waals surface area contributed by atoms with Crippen molar-refractivity contribution in [1.29, 1.82) is 0 Å². The highest BCUT2D eigenvalue weighted by atomic mass is 15.0. The minimum atomic E-state index is 0.794. The third-order valence-corrected chi connectivity index (χ3v) is 9.60. The molecule has 7 rings (SSSR count). The van der Waals surface area contributed by atoms with E-state index in [0.29, 0.717) is 0 Å². The SMILES string of the molecule is C=C/C=C\N=C(/C)c1cc(-c2cc(-n3c4ccccc4c4cc(C(=C)/C=C\C=C/Cc5ccccn5)ccc43)ccc2C)c(C)cc1-c1ccccn1. The van der Waals surface area contributed by atoms with Gasteiger partial charge in [0.1, 0.15) is 0 Å². The van der Waals surface area contributed by atoms with E-state index >= 15 is 0 Å². The average molecular weight is 687 g/mol. The summed E-state index contributed by atoms with van der Waals surface area (Å²) >= 11 is 0. The summed E-state index contributed by atoms with van der Waals surface area (Å²) in [7, 11) is 0. The van der Waals surface area contributed by atoms with Gasteiger partial charge < -0.3 is 4.57 Å². The van der Waals surface area contributed by atoms with Gasteiger partial charge in [-0.25, -0.2) is 0 Å². The first-order valence-electron chi connectivity index (χ1n) is 17.9. The molecule has 0 saturated heterocycles. The number of allylic oxidation sites excluding steroid dienone is 7. The molecule has 0 amide bonds. The Balaban J connectivity index is 1.28. The molecule has 0 spiro atoms. The summed E-state index contributed by atoms with van der Waals surface area (Å²) < 4.78 is 2.38. The minimum absolute atomic E-state index is 0.794. The number of hydrogen-bond acceptors (Lipinski definition) is 3. The zero-order valence-electron chi connectivity index (χ0n) is 30.5. The van der Waals surface area contributed by atoms with Crippen molar-refractivity contribution in [2.24, 2.45) is 4.99 Å². The first kappa shape index (κ1) is 34.8. The molecule has 3 aromatic heterocycles. The van der Waals surface area contributed by atoms with Crippen molar-refractivity contribution in [3.63, 3.8) is 0 Å². The van der Waals surface area contributed by atoms with Crippen LogP contribution in [0.25, 0.3) is 55.5 Å². The van der Waals surface area contributed by atoms with Gasteiger partial charge in [-0.1, -0.05) is 86.0 Å². The molecule has 53 heavy (non-hydrogen) atoms. The summed E-state index contributed by atoms with van der Waals surface area (Å²) in [6.07, 6.45) is 18.1. The number of aromatic nitrogens is 3. The largest absolute Gasteiger partial charge is 0.309 e. The molecule has 0 fully saturated rings. The Bertz CT molecular complexity index is 2580. The van der Waals surface area contributed by atoms with Gasteiger partial charge in [-0.05, 0) is 127 Å². The van der Waals surface area contributed by atoms with Gasteiger partial charge in [-0.2, -0.15) is 0 Å². The van der Waals surface area contributed by atoms with Gasteiger partial charge in [0.15, 0.2) is 0 Å². The molecule has 0 aliphatic carbocycles. The van der Waals surface area contributed by atoms with E-state index in [1.165, 1.54) is 33.0 Å². The van der Waals surface area contributed by atoms with Crippen LogP contribution in [0, 0.1) is 13.8 Å². The maximum atomic E-state index is 4.76. The molecule has 0 N–H and O–H groups in total. The standard InChI is InChI=1S/C49H42N4/c1-6-7-27-50-37(5)44-33-43(36(4)30-45(44)47-21-14-16-29-52-47)42-32-40(25-23-35(42)3)53-48-22-12-11-20-41(48)46-31-38(24-26-49(46)53)34(2)17-9-8-10-18-39-19-13-15-28-51-39/h6-17,19-33H,1-2,18H2,3-5H3/b10-8-,17-9-,27-7-,50-37+. The smallest absolute Gasteiger partial charge is 0.0708 e. The van der Waals surface area contributed by atoms with E-state index in [1.54, 1.807) is 12.3 Å². The van der Waals surface area contributed by atoms with Crippen LogP contribution in [0.3, 0.4) is 0 Å². The number of aryl methyl sites for hydroxylation is 2. The molecule has 7 aromatic rings. The molecule has 4 aromatic carbocycles. The van der Waals surface area contributed by atoms with Crippen molar-refractivity contribution in [3.05, 3.63) is 205 Å². The van der Waals surface area contributed by atoms with Crippen molar-refractivity contribution in [1.82, 2.24) is 14.5 Å². The lowest BCUT2D eigenvalue weighted by Gasteiger charge is -2.18. The highest BCUT2D eigenvalue weighted by molar-refractivity contribution is 6.10. The minimum Gasteiger partial charge on any atom is -0.309 e. The van der Waals surface area contributed by atoms with E-state index < -0.39 is 0 Å². The molecular weight excluding hydrogens is 645 g/mol. The maximum absolute atomic E-state index is 4.76. The fourth-order valence-electron chi connectivity index (χ4n) is 6.86. The van der Waals surface area contributed by atoms with E-state index in [-0.39, 0.29) is 0 Å². The zero-order valence-corrected chi connectivity index (χ0v) is 30.5. The number of hydrogen-bond donors (Lipinski definition) is 0. The highest BCUT2D eigenvalue weighted by Crippen LogP contribution is 2.38. The summed E-state index contributed by atoms with van der Waals surface area (Å²) in [6.45, 7) is 14.6. The number of pyridine rings is 2. The second kappa shape index (κ2) is 15.7. The number of fused-ring (bicyclic) bond motifs is 3. The second-order valence-electron chi connectivity index (χ2n) is 13.1. The molecule has 258 valence electrons. The molecule has 0 saturated carbocycles. The maximum Gasteiger partial charge on any atom is 0.0708 e. The average Bonchev–Trinajstić information content (AvgIpc) is 3.52. The summed E-state index contributed by atoms with van der Waals surface area (Å²) in [6, 6.07) is 38.6. The number of rotatable bonds is 11. The number of benzene rings is 4. The third kappa shape index (κ3) is 7.40. The van der Waals surface area contributed by atoms with Crippen LogP contribution in [0.4, 0.5) is 0 Å². The van der Waals surface area contributed by atoms with E-state index in [4.69, 9.17) is 9.98 Å². The van der Waals surface area contributed by atoms with Crippen LogP contribution in [0.15, 0.2) is 182 Å². The fourth-order valence-corrected chi connectivity index (χ4v) is 6.86. The van der Waals surface area contributed by atoms with Crippen LogP contribution in [0.1, 0.15) is 34.9 Å². The fraction of sp³-hybridized carbons (Fsp3) is 0.0816. The first-order chi connectivity index (χ1) is 25.9. The van der Waals surface area contributed by atoms with Crippen molar-refractivity contribution >= 4 is 33.1 Å². The lowest BCUT2D eigenvalue weighted by Crippen LogP contribution is -2.02. The molecule has 3 heterocycles. The molecule has 4 nitrogen and oxygen atoms in total. The van der Waals surface area contributed by atoms with Gasteiger partial charge in [0.05, 0.1) is 16.7 Å². The van der Waals surface area contributed by atoms with Crippen molar-refractivity contribution < 1.29 is 0 Å². The topological polar surface area (TPSA) is 43.1 Å². The Kier molecular flexibility index (Phi) is 10.3. The van der Waals surface area contributed by atoms with Gasteiger partial charge in [-0.3, -0.25) is 15.0 Å². The van der Waals surface area contributed by atoms with Crippen LogP contribution in [-0.2, 0) is 6.42 Å². The monoisotopic (exact) mass is 686 g/mol. The normalized spacial score (nSPS) is 12.2. The molecule has 0 aliphatic heterocycles. The summed E-state index contributed by atoms with van der Waals surface area (Å²) in [5.74, 6) is 0. The Morgan fingerprint density at radius 1 is 0.717 bits per heavy atom.